The van der Waals surface area contributed by atoms with E-state index in [1.165, 1.54) is 11.0 Å². The van der Waals surface area contributed by atoms with Crippen LogP contribution in [0.25, 0.3) is 6.08 Å². The van der Waals surface area contributed by atoms with Crippen LogP contribution in [0.2, 0.25) is 0 Å². The first-order chi connectivity index (χ1) is 11.5. The van der Waals surface area contributed by atoms with E-state index in [2.05, 4.69) is 31.9 Å². The molecule has 1 fully saturated rings. The van der Waals surface area contributed by atoms with Crippen molar-refractivity contribution in [2.24, 2.45) is 0 Å². The second kappa shape index (κ2) is 7.21. The number of thioether (sulfide) groups is 1. The highest BCUT2D eigenvalue weighted by atomic mass is 79.9. The average Bonchev–Trinajstić information content (AvgIpc) is 2.80. The Morgan fingerprint density at radius 3 is 2.54 bits per heavy atom. The molecule has 0 aliphatic carbocycles. The standard InChI is InChI=1S/C17H10Br2FNO2S/c18-12-4-2-1-3-11(12)9-21-16(22)15(24-17(21)23)8-10-5-6-14(20)13(19)7-10/h1-8H,9H2/b15-8-. The number of nitrogens with zero attached hydrogens (tertiary/aromatic N) is 1. The summed E-state index contributed by atoms with van der Waals surface area (Å²) in [5.41, 5.74) is 1.50. The van der Waals surface area contributed by atoms with Crippen LogP contribution in [-0.4, -0.2) is 16.0 Å². The summed E-state index contributed by atoms with van der Waals surface area (Å²) >= 11 is 7.41. The Bertz CT molecular complexity index is 869. The minimum absolute atomic E-state index is 0.205. The van der Waals surface area contributed by atoms with Gasteiger partial charge in [-0.15, -0.1) is 0 Å². The first-order valence-corrected chi connectivity index (χ1v) is 9.30. The summed E-state index contributed by atoms with van der Waals surface area (Å²) in [5.74, 6) is -0.726. The molecule has 0 N–H and O–H groups in total. The Hall–Kier alpha value is -1.44. The molecule has 1 saturated heterocycles. The molecule has 0 spiro atoms. The summed E-state index contributed by atoms with van der Waals surface area (Å²) in [6.45, 7) is 0.205. The normalized spacial score (nSPS) is 16.3. The molecule has 24 heavy (non-hydrogen) atoms. The highest BCUT2D eigenvalue weighted by molar-refractivity contribution is 9.10. The Morgan fingerprint density at radius 2 is 1.83 bits per heavy atom. The lowest BCUT2D eigenvalue weighted by Gasteiger charge is -2.13. The molecule has 0 radical (unpaired) electrons. The van der Waals surface area contributed by atoms with E-state index in [9.17, 15) is 14.0 Å². The summed E-state index contributed by atoms with van der Waals surface area (Å²) in [5, 5.41) is -0.316. The number of rotatable bonds is 3. The van der Waals surface area contributed by atoms with Gasteiger partial charge >= 0.3 is 0 Å². The predicted molar refractivity (Wildman–Crippen MR) is 99.8 cm³/mol. The number of amides is 2. The number of benzene rings is 2. The fourth-order valence-corrected chi connectivity index (χ4v) is 3.83. The maximum absolute atomic E-state index is 13.3. The second-order valence-electron chi connectivity index (χ2n) is 5.03. The third-order valence-electron chi connectivity index (χ3n) is 3.40. The molecular weight excluding hydrogens is 461 g/mol. The van der Waals surface area contributed by atoms with Gasteiger partial charge in [0.05, 0.1) is 15.9 Å². The lowest BCUT2D eigenvalue weighted by molar-refractivity contribution is -0.123. The number of imide groups is 1. The molecular formula is C17H10Br2FNO2S. The molecule has 0 bridgehead atoms. The van der Waals surface area contributed by atoms with Gasteiger partial charge in [0.15, 0.2) is 0 Å². The first kappa shape index (κ1) is 17.4. The minimum Gasteiger partial charge on any atom is -0.268 e. The zero-order chi connectivity index (χ0) is 17.3. The van der Waals surface area contributed by atoms with Gasteiger partial charge in [-0.3, -0.25) is 14.5 Å². The van der Waals surface area contributed by atoms with E-state index in [1.807, 2.05) is 24.3 Å². The fraction of sp³-hybridized carbons (Fsp3) is 0.0588. The molecule has 7 heteroatoms. The van der Waals surface area contributed by atoms with Crippen molar-refractivity contribution in [2.45, 2.75) is 6.54 Å². The second-order valence-corrected chi connectivity index (χ2v) is 7.73. The monoisotopic (exact) mass is 469 g/mol. The van der Waals surface area contributed by atoms with Crippen molar-refractivity contribution in [2.75, 3.05) is 0 Å². The van der Waals surface area contributed by atoms with Crippen molar-refractivity contribution in [1.29, 1.82) is 0 Å². The van der Waals surface area contributed by atoms with E-state index < -0.39 is 0 Å². The van der Waals surface area contributed by atoms with E-state index in [4.69, 9.17) is 0 Å². The molecule has 1 heterocycles. The Balaban J connectivity index is 1.84. The van der Waals surface area contributed by atoms with Crippen LogP contribution in [0.4, 0.5) is 9.18 Å². The van der Waals surface area contributed by atoms with Crippen molar-refractivity contribution in [3.05, 3.63) is 73.3 Å². The fourth-order valence-electron chi connectivity index (χ4n) is 2.19. The third-order valence-corrected chi connectivity index (χ3v) is 5.69. The predicted octanol–water partition coefficient (Wildman–Crippen LogP) is 5.59. The average molecular weight is 471 g/mol. The largest absolute Gasteiger partial charge is 0.293 e. The van der Waals surface area contributed by atoms with Crippen LogP contribution < -0.4 is 0 Å². The van der Waals surface area contributed by atoms with Gasteiger partial charge in [-0.25, -0.2) is 4.39 Å². The van der Waals surface area contributed by atoms with Crippen LogP contribution in [0, 0.1) is 5.82 Å². The Kier molecular flexibility index (Phi) is 5.22. The summed E-state index contributed by atoms with van der Waals surface area (Å²) in [6.07, 6.45) is 1.59. The SMILES string of the molecule is O=C1S/C(=C\c2ccc(F)c(Br)c2)C(=O)N1Cc1ccccc1Br. The molecule has 0 saturated carbocycles. The number of halogens is 3. The van der Waals surface area contributed by atoms with Crippen LogP contribution >= 0.6 is 43.6 Å². The zero-order valence-electron chi connectivity index (χ0n) is 12.1. The minimum atomic E-state index is -0.380. The van der Waals surface area contributed by atoms with Crippen molar-refractivity contribution < 1.29 is 14.0 Å². The number of carbonyl (C=O) groups excluding carboxylic acids is 2. The highest BCUT2D eigenvalue weighted by Crippen LogP contribution is 2.34. The van der Waals surface area contributed by atoms with Crippen molar-refractivity contribution in [3.8, 4) is 0 Å². The van der Waals surface area contributed by atoms with Crippen LogP contribution in [0.3, 0.4) is 0 Å². The number of carbonyl (C=O) groups is 2. The number of hydrogen-bond acceptors (Lipinski definition) is 3. The van der Waals surface area contributed by atoms with E-state index in [0.717, 1.165) is 21.8 Å². The molecule has 0 aromatic heterocycles. The Morgan fingerprint density at radius 1 is 1.08 bits per heavy atom. The van der Waals surface area contributed by atoms with Gasteiger partial charge in [0.25, 0.3) is 11.1 Å². The van der Waals surface area contributed by atoms with Crippen molar-refractivity contribution >= 4 is 60.8 Å². The molecule has 2 amide bonds. The van der Waals surface area contributed by atoms with Gasteiger partial charge < -0.3 is 0 Å². The van der Waals surface area contributed by atoms with E-state index >= 15 is 0 Å². The van der Waals surface area contributed by atoms with Gasteiger partial charge in [0.1, 0.15) is 5.82 Å². The lowest BCUT2D eigenvalue weighted by Crippen LogP contribution is -2.27. The summed E-state index contributed by atoms with van der Waals surface area (Å²) in [7, 11) is 0. The molecule has 0 unspecified atom stereocenters. The molecule has 1 aliphatic rings. The summed E-state index contributed by atoms with van der Waals surface area (Å²) < 4.78 is 14.4. The van der Waals surface area contributed by atoms with Crippen LogP contribution in [0.15, 0.2) is 56.3 Å². The quantitative estimate of drug-likeness (QED) is 0.549. The lowest BCUT2D eigenvalue weighted by atomic mass is 10.2. The van der Waals surface area contributed by atoms with E-state index in [-0.39, 0.29) is 23.5 Å². The van der Waals surface area contributed by atoms with Crippen molar-refractivity contribution in [3.63, 3.8) is 0 Å². The molecule has 2 aromatic rings. The van der Waals surface area contributed by atoms with Crippen LogP contribution in [-0.2, 0) is 11.3 Å². The number of hydrogen-bond donors (Lipinski definition) is 0. The summed E-state index contributed by atoms with van der Waals surface area (Å²) in [4.78, 5) is 26.2. The molecule has 3 rings (SSSR count). The molecule has 122 valence electrons. The van der Waals surface area contributed by atoms with E-state index in [0.29, 0.717) is 14.9 Å². The maximum Gasteiger partial charge on any atom is 0.293 e. The molecule has 3 nitrogen and oxygen atoms in total. The zero-order valence-corrected chi connectivity index (χ0v) is 16.1. The molecule has 0 atom stereocenters. The van der Waals surface area contributed by atoms with Gasteiger partial charge in [-0.05, 0) is 63.1 Å². The summed E-state index contributed by atoms with van der Waals surface area (Å²) in [6, 6.07) is 11.9. The first-order valence-electron chi connectivity index (χ1n) is 6.89. The highest BCUT2D eigenvalue weighted by Gasteiger charge is 2.35. The Labute approximate surface area is 159 Å². The van der Waals surface area contributed by atoms with Crippen LogP contribution in [0.1, 0.15) is 11.1 Å². The maximum atomic E-state index is 13.3. The van der Waals surface area contributed by atoms with Crippen molar-refractivity contribution in [1.82, 2.24) is 4.90 Å². The third kappa shape index (κ3) is 3.63. The van der Waals surface area contributed by atoms with Gasteiger partial charge in [-0.2, -0.15) is 0 Å². The molecule has 2 aromatic carbocycles. The van der Waals surface area contributed by atoms with Crippen LogP contribution in [0.5, 0.6) is 0 Å². The van der Waals surface area contributed by atoms with Gasteiger partial charge in [-0.1, -0.05) is 40.2 Å². The van der Waals surface area contributed by atoms with Gasteiger partial charge in [0, 0.05) is 4.47 Å². The smallest absolute Gasteiger partial charge is 0.268 e. The topological polar surface area (TPSA) is 37.4 Å². The van der Waals surface area contributed by atoms with Gasteiger partial charge in [0.2, 0.25) is 0 Å². The van der Waals surface area contributed by atoms with E-state index in [1.54, 1.807) is 18.2 Å². The molecule has 1 aliphatic heterocycles.